The molecule has 0 amide bonds. The average molecular weight is 232 g/mol. The number of carbonyl (C=O) groups excluding carboxylic acids is 1. The minimum absolute atomic E-state index is 0.0733. The van der Waals surface area contributed by atoms with Gasteiger partial charge in [-0.2, -0.15) is 0 Å². The summed E-state index contributed by atoms with van der Waals surface area (Å²) in [6.45, 7) is 4.27. The molecule has 0 spiro atoms. The Morgan fingerprint density at radius 2 is 1.82 bits per heavy atom. The smallest absolute Gasteiger partial charge is 0.138 e. The molecule has 92 valence electrons. The molecule has 3 atom stereocenters. The number of carbonyl (C=O) groups is 1. The van der Waals surface area contributed by atoms with Crippen molar-refractivity contribution in [3.05, 3.63) is 35.4 Å². The quantitative estimate of drug-likeness (QED) is 0.772. The van der Waals surface area contributed by atoms with Gasteiger partial charge in [-0.15, -0.1) is 0 Å². The summed E-state index contributed by atoms with van der Waals surface area (Å²) in [5.74, 6) is 0.333. The van der Waals surface area contributed by atoms with Gasteiger partial charge < -0.3 is 4.79 Å². The van der Waals surface area contributed by atoms with E-state index >= 15 is 0 Å². The summed E-state index contributed by atoms with van der Waals surface area (Å²) in [4.78, 5) is 11.0. The van der Waals surface area contributed by atoms with Crippen molar-refractivity contribution in [2.24, 2.45) is 5.92 Å². The van der Waals surface area contributed by atoms with Gasteiger partial charge in [0.05, 0.1) is 6.04 Å². The molecule has 17 heavy (non-hydrogen) atoms. The second-order valence-corrected chi connectivity index (χ2v) is 4.78. The van der Waals surface area contributed by atoms with Crippen molar-refractivity contribution < 1.29 is 4.79 Å². The summed E-state index contributed by atoms with van der Waals surface area (Å²) in [7, 11) is 0. The molecule has 0 bridgehead atoms. The normalized spacial score (nSPS) is 28.2. The highest BCUT2D eigenvalue weighted by atomic mass is 16.1. The highest BCUT2D eigenvalue weighted by Crippen LogP contribution is 2.19. The van der Waals surface area contributed by atoms with Crippen LogP contribution in [-0.2, 0) is 17.6 Å². The van der Waals surface area contributed by atoms with Crippen LogP contribution in [0.15, 0.2) is 24.3 Å². The first-order chi connectivity index (χ1) is 8.24. The lowest BCUT2D eigenvalue weighted by Gasteiger charge is -2.17. The van der Waals surface area contributed by atoms with Crippen LogP contribution in [0.25, 0.3) is 0 Å². The Hall–Kier alpha value is -1.19. The molecule has 3 unspecified atom stereocenters. The lowest BCUT2D eigenvalue weighted by atomic mass is 9.89. The van der Waals surface area contributed by atoms with E-state index in [4.69, 9.17) is 0 Å². The maximum absolute atomic E-state index is 11.0. The Bertz CT molecular complexity index is 374. The van der Waals surface area contributed by atoms with Crippen molar-refractivity contribution in [1.82, 2.24) is 10.9 Å². The minimum Gasteiger partial charge on any atom is -0.302 e. The van der Waals surface area contributed by atoms with Gasteiger partial charge in [0.15, 0.2) is 0 Å². The van der Waals surface area contributed by atoms with Crippen LogP contribution >= 0.6 is 0 Å². The highest BCUT2D eigenvalue weighted by Gasteiger charge is 2.32. The van der Waals surface area contributed by atoms with Crippen molar-refractivity contribution >= 4 is 6.29 Å². The molecule has 0 aliphatic carbocycles. The summed E-state index contributed by atoms with van der Waals surface area (Å²) in [5.41, 5.74) is 8.82. The van der Waals surface area contributed by atoms with E-state index in [1.807, 2.05) is 0 Å². The topological polar surface area (TPSA) is 41.1 Å². The number of hydrogen-bond donors (Lipinski definition) is 2. The third-order valence-corrected chi connectivity index (χ3v) is 3.63. The largest absolute Gasteiger partial charge is 0.302 e. The molecule has 1 fully saturated rings. The lowest BCUT2D eigenvalue weighted by Crippen LogP contribution is -2.33. The summed E-state index contributed by atoms with van der Waals surface area (Å²) >= 11 is 0. The zero-order valence-electron chi connectivity index (χ0n) is 10.4. The molecule has 2 N–H and O–H groups in total. The minimum atomic E-state index is -0.0733. The van der Waals surface area contributed by atoms with Crippen LogP contribution in [0.3, 0.4) is 0 Å². The fraction of sp³-hybridized carbons (Fsp3) is 0.500. The predicted molar refractivity (Wildman–Crippen MR) is 68.6 cm³/mol. The Morgan fingerprint density at radius 3 is 2.41 bits per heavy atom. The molecule has 1 aromatic rings. The van der Waals surface area contributed by atoms with E-state index in [2.05, 4.69) is 49.0 Å². The van der Waals surface area contributed by atoms with Gasteiger partial charge >= 0.3 is 0 Å². The summed E-state index contributed by atoms with van der Waals surface area (Å²) in [5, 5.41) is 0. The van der Waals surface area contributed by atoms with Gasteiger partial charge in [0.1, 0.15) is 6.29 Å². The molecule has 3 nitrogen and oxygen atoms in total. The van der Waals surface area contributed by atoms with Crippen molar-refractivity contribution in [3.8, 4) is 0 Å². The number of hydrogen-bond acceptors (Lipinski definition) is 3. The van der Waals surface area contributed by atoms with E-state index in [9.17, 15) is 4.79 Å². The monoisotopic (exact) mass is 232 g/mol. The van der Waals surface area contributed by atoms with Crippen LogP contribution in [0.1, 0.15) is 25.0 Å². The third kappa shape index (κ3) is 2.73. The summed E-state index contributed by atoms with van der Waals surface area (Å²) < 4.78 is 0. The van der Waals surface area contributed by atoms with Crippen LogP contribution in [0.4, 0.5) is 0 Å². The van der Waals surface area contributed by atoms with Crippen molar-refractivity contribution in [1.29, 1.82) is 0 Å². The molecular weight excluding hydrogens is 212 g/mol. The SMILES string of the molecule is CCc1ccc(CC2C(C)NNC2C=O)cc1. The predicted octanol–water partition coefficient (Wildman–Crippen LogP) is 1.47. The van der Waals surface area contributed by atoms with E-state index in [1.165, 1.54) is 11.1 Å². The van der Waals surface area contributed by atoms with Gasteiger partial charge in [-0.25, -0.2) is 5.43 Å². The average Bonchev–Trinajstić information content (AvgIpc) is 2.71. The summed E-state index contributed by atoms with van der Waals surface area (Å²) in [6.07, 6.45) is 3.01. The first-order valence-electron chi connectivity index (χ1n) is 6.28. The molecule has 1 aromatic carbocycles. The number of benzene rings is 1. The maximum Gasteiger partial charge on any atom is 0.138 e. The molecule has 1 heterocycles. The number of aldehydes is 1. The number of rotatable bonds is 4. The van der Waals surface area contributed by atoms with Crippen molar-refractivity contribution in [2.45, 2.75) is 38.8 Å². The van der Waals surface area contributed by atoms with Gasteiger partial charge in [-0.05, 0) is 30.9 Å². The zero-order chi connectivity index (χ0) is 12.3. The molecule has 1 aliphatic heterocycles. The van der Waals surface area contributed by atoms with E-state index in [-0.39, 0.29) is 6.04 Å². The Morgan fingerprint density at radius 1 is 1.18 bits per heavy atom. The van der Waals surface area contributed by atoms with E-state index in [1.54, 1.807) is 0 Å². The van der Waals surface area contributed by atoms with Gasteiger partial charge in [0, 0.05) is 12.0 Å². The van der Waals surface area contributed by atoms with Gasteiger partial charge in [-0.3, -0.25) is 5.43 Å². The number of aryl methyl sites for hydroxylation is 1. The maximum atomic E-state index is 11.0. The van der Waals surface area contributed by atoms with Crippen LogP contribution < -0.4 is 10.9 Å². The molecule has 2 rings (SSSR count). The third-order valence-electron chi connectivity index (χ3n) is 3.63. The van der Waals surface area contributed by atoms with Gasteiger partial charge in [0.2, 0.25) is 0 Å². The van der Waals surface area contributed by atoms with E-state index < -0.39 is 0 Å². The van der Waals surface area contributed by atoms with Crippen LogP contribution in [0.2, 0.25) is 0 Å². The van der Waals surface area contributed by atoms with Crippen LogP contribution in [0.5, 0.6) is 0 Å². The fourth-order valence-corrected chi connectivity index (χ4v) is 2.37. The van der Waals surface area contributed by atoms with Crippen molar-refractivity contribution in [3.63, 3.8) is 0 Å². The second-order valence-electron chi connectivity index (χ2n) is 4.78. The molecule has 0 aromatic heterocycles. The molecule has 0 radical (unpaired) electrons. The van der Waals surface area contributed by atoms with E-state index in [0.717, 1.165) is 19.1 Å². The zero-order valence-corrected chi connectivity index (χ0v) is 10.4. The molecule has 0 saturated carbocycles. The Balaban J connectivity index is 2.05. The lowest BCUT2D eigenvalue weighted by molar-refractivity contribution is -0.110. The standard InChI is InChI=1S/C14H20N2O/c1-3-11-4-6-12(7-5-11)8-13-10(2)15-16-14(13)9-17/h4-7,9-10,13-16H,3,8H2,1-2H3. The number of hydrazine groups is 1. The molecule has 1 saturated heterocycles. The van der Waals surface area contributed by atoms with Crippen LogP contribution in [-0.4, -0.2) is 18.4 Å². The fourth-order valence-electron chi connectivity index (χ4n) is 2.37. The Kier molecular flexibility index (Phi) is 3.92. The van der Waals surface area contributed by atoms with Gasteiger partial charge in [-0.1, -0.05) is 31.2 Å². The molecular formula is C14H20N2O. The molecule has 1 aliphatic rings. The van der Waals surface area contributed by atoms with Crippen molar-refractivity contribution in [2.75, 3.05) is 0 Å². The van der Waals surface area contributed by atoms with Gasteiger partial charge in [0.25, 0.3) is 0 Å². The highest BCUT2D eigenvalue weighted by molar-refractivity contribution is 5.59. The molecule has 3 heteroatoms. The second kappa shape index (κ2) is 5.43. The first kappa shape index (κ1) is 12.3. The number of nitrogens with one attached hydrogen (secondary N) is 2. The van der Waals surface area contributed by atoms with E-state index in [0.29, 0.717) is 12.0 Å². The van der Waals surface area contributed by atoms with Crippen LogP contribution in [0, 0.1) is 5.92 Å². The first-order valence-corrected chi connectivity index (χ1v) is 6.28. The summed E-state index contributed by atoms with van der Waals surface area (Å²) in [6, 6.07) is 8.95. The Labute approximate surface area is 103 Å².